The van der Waals surface area contributed by atoms with E-state index in [1.807, 2.05) is 0 Å². The lowest BCUT2D eigenvalue weighted by atomic mass is 10.1. The molecule has 0 aliphatic carbocycles. The van der Waals surface area contributed by atoms with Gasteiger partial charge in [-0.25, -0.2) is 0 Å². The number of aromatic nitrogens is 2. The van der Waals surface area contributed by atoms with Crippen LogP contribution in [0.15, 0.2) is 47.4 Å². The zero-order valence-corrected chi connectivity index (χ0v) is 16.6. The molecule has 10 nitrogen and oxygen atoms in total. The molecule has 10 heteroatoms. The monoisotopic (exact) mass is 412 g/mol. The molecule has 0 fully saturated rings. The molecule has 2 amide bonds. The normalized spacial score (nSPS) is 10.4. The Kier molecular flexibility index (Phi) is 6.16. The van der Waals surface area contributed by atoms with E-state index in [1.165, 1.54) is 38.1 Å². The van der Waals surface area contributed by atoms with Gasteiger partial charge in [-0.05, 0) is 24.3 Å². The Morgan fingerprint density at radius 1 is 1.00 bits per heavy atom. The SMILES string of the molecule is COc1cc(C(=O)NNC(=O)Cn2ncc(=O)c3ccccc32)cc(OC)c1OC. The Bertz CT molecular complexity index is 1130. The van der Waals surface area contributed by atoms with Crippen molar-refractivity contribution in [2.24, 2.45) is 0 Å². The molecule has 30 heavy (non-hydrogen) atoms. The number of nitrogens with zero attached hydrogens (tertiary/aromatic N) is 2. The van der Waals surface area contributed by atoms with Crippen LogP contribution in [-0.4, -0.2) is 42.9 Å². The van der Waals surface area contributed by atoms with Gasteiger partial charge in [0.05, 0.1) is 33.0 Å². The third-order valence-electron chi connectivity index (χ3n) is 4.30. The lowest BCUT2D eigenvalue weighted by Crippen LogP contribution is -2.43. The Morgan fingerprint density at radius 3 is 2.30 bits per heavy atom. The van der Waals surface area contributed by atoms with Gasteiger partial charge in [0, 0.05) is 10.9 Å². The first-order chi connectivity index (χ1) is 14.5. The van der Waals surface area contributed by atoms with Gasteiger partial charge in [-0.15, -0.1) is 0 Å². The summed E-state index contributed by atoms with van der Waals surface area (Å²) in [6.07, 6.45) is 1.14. The minimum Gasteiger partial charge on any atom is -0.493 e. The van der Waals surface area contributed by atoms with Crippen LogP contribution in [-0.2, 0) is 11.3 Å². The summed E-state index contributed by atoms with van der Waals surface area (Å²) in [7, 11) is 4.32. The highest BCUT2D eigenvalue weighted by Crippen LogP contribution is 2.38. The van der Waals surface area contributed by atoms with Gasteiger partial charge in [0.15, 0.2) is 11.5 Å². The summed E-state index contributed by atoms with van der Waals surface area (Å²) in [6, 6.07) is 9.72. The zero-order valence-electron chi connectivity index (χ0n) is 16.6. The lowest BCUT2D eigenvalue weighted by molar-refractivity contribution is -0.122. The topological polar surface area (TPSA) is 121 Å². The van der Waals surface area contributed by atoms with E-state index in [-0.39, 0.29) is 17.5 Å². The molecule has 1 heterocycles. The van der Waals surface area contributed by atoms with Crippen LogP contribution in [0, 0.1) is 0 Å². The van der Waals surface area contributed by atoms with Crippen LogP contribution in [0.25, 0.3) is 10.9 Å². The maximum Gasteiger partial charge on any atom is 0.269 e. The molecule has 0 spiro atoms. The Hall–Kier alpha value is -4.08. The van der Waals surface area contributed by atoms with Gasteiger partial charge in [0.25, 0.3) is 11.8 Å². The van der Waals surface area contributed by atoms with Crippen LogP contribution in [0.3, 0.4) is 0 Å². The molecule has 0 radical (unpaired) electrons. The van der Waals surface area contributed by atoms with Crippen molar-refractivity contribution in [3.05, 3.63) is 58.4 Å². The van der Waals surface area contributed by atoms with Crippen LogP contribution >= 0.6 is 0 Å². The quantitative estimate of drug-likeness (QED) is 0.577. The summed E-state index contributed by atoms with van der Waals surface area (Å²) in [5, 5.41) is 4.43. The number of methoxy groups -OCH3 is 3. The lowest BCUT2D eigenvalue weighted by Gasteiger charge is -2.14. The van der Waals surface area contributed by atoms with Gasteiger partial charge in [0.2, 0.25) is 11.2 Å². The van der Waals surface area contributed by atoms with Gasteiger partial charge in [-0.1, -0.05) is 12.1 Å². The molecule has 2 N–H and O–H groups in total. The maximum absolute atomic E-state index is 12.5. The molecule has 0 atom stereocenters. The number of nitrogens with one attached hydrogen (secondary N) is 2. The molecule has 3 rings (SSSR count). The highest BCUT2D eigenvalue weighted by molar-refractivity contribution is 5.96. The van der Waals surface area contributed by atoms with Crippen molar-refractivity contribution in [1.29, 1.82) is 0 Å². The molecule has 0 unspecified atom stereocenters. The summed E-state index contributed by atoms with van der Waals surface area (Å²) in [5.74, 6) is -0.163. The fourth-order valence-corrected chi connectivity index (χ4v) is 2.87. The largest absolute Gasteiger partial charge is 0.493 e. The third kappa shape index (κ3) is 4.17. The second-order valence-corrected chi connectivity index (χ2v) is 6.10. The molecule has 0 aliphatic rings. The number of benzene rings is 2. The highest BCUT2D eigenvalue weighted by atomic mass is 16.5. The van der Waals surface area contributed by atoms with Crippen LogP contribution in [0.1, 0.15) is 10.4 Å². The first-order valence-corrected chi connectivity index (χ1v) is 8.82. The predicted molar refractivity (Wildman–Crippen MR) is 108 cm³/mol. The highest BCUT2D eigenvalue weighted by Gasteiger charge is 2.17. The average Bonchev–Trinajstić information content (AvgIpc) is 2.78. The number of hydrazine groups is 1. The number of amides is 2. The first kappa shape index (κ1) is 20.6. The zero-order chi connectivity index (χ0) is 21.7. The third-order valence-corrected chi connectivity index (χ3v) is 4.30. The fraction of sp³-hybridized carbons (Fsp3) is 0.200. The smallest absolute Gasteiger partial charge is 0.269 e. The fourth-order valence-electron chi connectivity index (χ4n) is 2.87. The molecule has 0 saturated heterocycles. The van der Waals surface area contributed by atoms with Crippen LogP contribution in [0.5, 0.6) is 17.2 Å². The van der Waals surface area contributed by atoms with E-state index < -0.39 is 11.8 Å². The van der Waals surface area contributed by atoms with Crippen LogP contribution in [0.2, 0.25) is 0 Å². The van der Waals surface area contributed by atoms with E-state index in [0.717, 1.165) is 6.20 Å². The Balaban J connectivity index is 1.72. The van der Waals surface area contributed by atoms with E-state index >= 15 is 0 Å². The maximum atomic E-state index is 12.5. The van der Waals surface area contributed by atoms with Crippen molar-refractivity contribution < 1.29 is 23.8 Å². The van der Waals surface area contributed by atoms with Crippen molar-refractivity contribution in [1.82, 2.24) is 20.6 Å². The van der Waals surface area contributed by atoms with Crippen LogP contribution < -0.4 is 30.5 Å². The second kappa shape index (κ2) is 8.95. The number of rotatable bonds is 6. The summed E-state index contributed by atoms with van der Waals surface area (Å²) in [6.45, 7) is -0.198. The van der Waals surface area contributed by atoms with Crippen molar-refractivity contribution in [2.75, 3.05) is 21.3 Å². The van der Waals surface area contributed by atoms with E-state index in [0.29, 0.717) is 28.2 Å². The van der Waals surface area contributed by atoms with E-state index in [9.17, 15) is 14.4 Å². The average molecular weight is 412 g/mol. The van der Waals surface area contributed by atoms with Gasteiger partial charge < -0.3 is 14.2 Å². The number of ether oxygens (including phenoxy) is 3. The summed E-state index contributed by atoms with van der Waals surface area (Å²) in [5.41, 5.74) is 5.11. The van der Waals surface area contributed by atoms with Gasteiger partial charge >= 0.3 is 0 Å². The molecular weight excluding hydrogens is 392 g/mol. The van der Waals surface area contributed by atoms with Gasteiger partial charge in [0.1, 0.15) is 6.54 Å². The Morgan fingerprint density at radius 2 is 1.67 bits per heavy atom. The Labute approximate surface area is 171 Å². The first-order valence-electron chi connectivity index (χ1n) is 8.82. The second-order valence-electron chi connectivity index (χ2n) is 6.10. The van der Waals surface area contributed by atoms with Crippen molar-refractivity contribution in [3.63, 3.8) is 0 Å². The number of carbonyl (C=O) groups excluding carboxylic acids is 2. The van der Waals surface area contributed by atoms with E-state index in [1.54, 1.807) is 24.3 Å². The summed E-state index contributed by atoms with van der Waals surface area (Å²) >= 11 is 0. The summed E-state index contributed by atoms with van der Waals surface area (Å²) < 4.78 is 17.0. The minimum absolute atomic E-state index is 0.191. The minimum atomic E-state index is -0.583. The van der Waals surface area contributed by atoms with E-state index in [4.69, 9.17) is 14.2 Å². The number of hydrogen-bond donors (Lipinski definition) is 2. The summed E-state index contributed by atoms with van der Waals surface area (Å²) in [4.78, 5) is 36.6. The molecule has 3 aromatic rings. The van der Waals surface area contributed by atoms with Crippen molar-refractivity contribution in [2.45, 2.75) is 6.54 Å². The number of fused-ring (bicyclic) bond motifs is 1. The van der Waals surface area contributed by atoms with Crippen molar-refractivity contribution >= 4 is 22.7 Å². The number of para-hydroxylation sites is 1. The van der Waals surface area contributed by atoms with Gasteiger partial charge in [-0.2, -0.15) is 5.10 Å². The standard InChI is InChI=1S/C20H20N4O6/c1-28-16-8-12(9-17(29-2)19(16)30-3)20(27)23-22-18(26)11-24-14-7-5-4-6-13(14)15(25)10-21-24/h4-10H,11H2,1-3H3,(H,22,26)(H,23,27). The number of hydrogen-bond acceptors (Lipinski definition) is 7. The molecule has 2 aromatic carbocycles. The van der Waals surface area contributed by atoms with Crippen molar-refractivity contribution in [3.8, 4) is 17.2 Å². The molecule has 156 valence electrons. The van der Waals surface area contributed by atoms with E-state index in [2.05, 4.69) is 16.0 Å². The predicted octanol–water partition coefficient (Wildman–Crippen LogP) is 0.884. The number of carbonyl (C=O) groups is 2. The van der Waals surface area contributed by atoms with Gasteiger partial charge in [-0.3, -0.25) is 29.9 Å². The van der Waals surface area contributed by atoms with Crippen LogP contribution in [0.4, 0.5) is 0 Å². The molecule has 1 aromatic heterocycles. The molecule has 0 aliphatic heterocycles. The molecule has 0 bridgehead atoms. The molecular formula is C20H20N4O6. The molecule has 0 saturated carbocycles.